The summed E-state index contributed by atoms with van der Waals surface area (Å²) in [7, 11) is -4.13. The van der Waals surface area contributed by atoms with Crippen LogP contribution in [0, 0.1) is 0 Å². The van der Waals surface area contributed by atoms with Gasteiger partial charge in [0.25, 0.3) is 0 Å². The van der Waals surface area contributed by atoms with Crippen LogP contribution >= 0.6 is 0 Å². The number of hydrogen-bond acceptors (Lipinski definition) is 6. The fourth-order valence-electron chi connectivity index (χ4n) is 4.19. The number of furan rings is 1. The molecule has 5 rings (SSSR count). The molecule has 33 heavy (non-hydrogen) atoms. The number of carbonyl (C=O) groups excluding carboxylic acids is 1. The number of nitrogens with one attached hydrogen (secondary N) is 1. The van der Waals surface area contributed by atoms with Crippen LogP contribution in [-0.2, 0) is 28.2 Å². The number of para-hydroxylation sites is 1. The summed E-state index contributed by atoms with van der Waals surface area (Å²) in [4.78, 5) is 14.1. The van der Waals surface area contributed by atoms with Crippen LogP contribution in [0.3, 0.4) is 0 Å². The lowest BCUT2D eigenvalue weighted by atomic mass is 10.1. The first-order valence-corrected chi connectivity index (χ1v) is 12.0. The molecule has 0 bridgehead atoms. The smallest absolute Gasteiger partial charge is 0.382 e. The predicted molar refractivity (Wildman–Crippen MR) is 125 cm³/mol. The summed E-state index contributed by atoms with van der Waals surface area (Å²) in [5.74, 6) is 0.0495. The average Bonchev–Trinajstić information content (AvgIpc) is 3.32. The van der Waals surface area contributed by atoms with Gasteiger partial charge in [-0.2, -0.15) is 13.1 Å². The van der Waals surface area contributed by atoms with Crippen LogP contribution in [0.2, 0.25) is 0 Å². The second kappa shape index (κ2) is 8.51. The summed E-state index contributed by atoms with van der Waals surface area (Å²) >= 11 is 0. The Morgan fingerprint density at radius 3 is 2.64 bits per heavy atom. The number of hydrogen-bond donors (Lipinski definition) is 2. The van der Waals surface area contributed by atoms with Gasteiger partial charge in [0, 0.05) is 36.8 Å². The molecule has 3 N–H and O–H groups in total. The Bertz CT molecular complexity index is 1450. The average molecular weight is 466 g/mol. The highest BCUT2D eigenvalue weighted by Crippen LogP contribution is 2.31. The zero-order valence-corrected chi connectivity index (χ0v) is 18.5. The molecular formula is C24H23N3O5S. The Labute approximate surface area is 191 Å². The molecule has 2 heterocycles. The van der Waals surface area contributed by atoms with Crippen molar-refractivity contribution in [3.05, 3.63) is 77.9 Å². The quantitative estimate of drug-likeness (QED) is 0.434. The number of benzene rings is 3. The largest absolute Gasteiger partial charge is 0.456 e. The van der Waals surface area contributed by atoms with Crippen LogP contribution in [0.5, 0.6) is 5.75 Å². The summed E-state index contributed by atoms with van der Waals surface area (Å²) in [6, 6.07) is 19.5. The topological polar surface area (TPSA) is 115 Å². The monoisotopic (exact) mass is 465 g/mol. The fourth-order valence-corrected chi connectivity index (χ4v) is 5.16. The Morgan fingerprint density at radius 2 is 1.79 bits per heavy atom. The molecule has 9 heteroatoms. The van der Waals surface area contributed by atoms with E-state index in [0.29, 0.717) is 24.3 Å². The molecule has 0 aliphatic carbocycles. The lowest BCUT2D eigenvalue weighted by Crippen LogP contribution is -2.39. The molecule has 0 spiro atoms. The summed E-state index contributed by atoms with van der Waals surface area (Å²) < 4.78 is 38.8. The second-order valence-corrected chi connectivity index (χ2v) is 9.42. The first-order chi connectivity index (χ1) is 15.9. The van der Waals surface area contributed by atoms with Crippen LogP contribution in [-0.4, -0.2) is 31.8 Å². The van der Waals surface area contributed by atoms with Gasteiger partial charge in [0.1, 0.15) is 16.9 Å². The molecule has 1 saturated heterocycles. The number of amides is 1. The first-order valence-electron chi connectivity index (χ1n) is 10.6. The van der Waals surface area contributed by atoms with E-state index in [1.807, 2.05) is 48.5 Å². The maximum atomic E-state index is 12.6. The molecule has 1 aliphatic rings. The summed E-state index contributed by atoms with van der Waals surface area (Å²) in [5, 5.41) is 1.64. The molecule has 1 fully saturated rings. The molecular weight excluding hydrogens is 442 g/mol. The van der Waals surface area contributed by atoms with Gasteiger partial charge in [-0.3, -0.25) is 4.79 Å². The summed E-state index contributed by atoms with van der Waals surface area (Å²) in [6.45, 7) is 1.08. The van der Waals surface area contributed by atoms with Gasteiger partial charge >= 0.3 is 10.3 Å². The number of nitrogens with zero attached hydrogens (tertiary/aromatic N) is 1. The van der Waals surface area contributed by atoms with Gasteiger partial charge in [-0.25, -0.2) is 0 Å². The number of likely N-dealkylation sites (tertiary alicyclic amines) is 1. The predicted octanol–water partition coefficient (Wildman–Crippen LogP) is 3.06. The molecule has 170 valence electrons. The lowest BCUT2D eigenvalue weighted by molar-refractivity contribution is -0.128. The minimum atomic E-state index is -4.13. The number of rotatable bonds is 7. The third-order valence-corrected chi connectivity index (χ3v) is 6.71. The van der Waals surface area contributed by atoms with Crippen LogP contribution in [0.25, 0.3) is 21.9 Å². The maximum Gasteiger partial charge on any atom is 0.382 e. The van der Waals surface area contributed by atoms with E-state index in [1.165, 1.54) is 0 Å². The second-order valence-electron chi connectivity index (χ2n) is 8.11. The SMILES string of the molecule is NCc1cccc(CN2CC(NS(=O)(=O)Oc3ccc4oc5ccccc5c4c3)CC2=O)c1. The van der Waals surface area contributed by atoms with E-state index in [2.05, 4.69) is 4.72 Å². The molecule has 1 aromatic heterocycles. The third kappa shape index (κ3) is 4.56. The fraction of sp³-hybridized carbons (Fsp3) is 0.208. The highest BCUT2D eigenvalue weighted by molar-refractivity contribution is 7.85. The molecule has 0 radical (unpaired) electrons. The van der Waals surface area contributed by atoms with E-state index in [1.54, 1.807) is 23.1 Å². The summed E-state index contributed by atoms with van der Waals surface area (Å²) in [6.07, 6.45) is 0.0740. The van der Waals surface area contributed by atoms with Crippen molar-refractivity contribution in [2.45, 2.75) is 25.6 Å². The normalized spacial score (nSPS) is 16.7. The van der Waals surface area contributed by atoms with Crippen molar-refractivity contribution in [3.63, 3.8) is 0 Å². The minimum absolute atomic E-state index is 0.0740. The molecule has 0 saturated carbocycles. The maximum absolute atomic E-state index is 12.6. The van der Waals surface area contributed by atoms with Crippen molar-refractivity contribution < 1.29 is 21.8 Å². The van der Waals surface area contributed by atoms with Crippen molar-refractivity contribution in [2.75, 3.05) is 6.54 Å². The Morgan fingerprint density at radius 1 is 1.00 bits per heavy atom. The van der Waals surface area contributed by atoms with Gasteiger partial charge in [-0.05, 0) is 35.4 Å². The highest BCUT2D eigenvalue weighted by atomic mass is 32.2. The zero-order chi connectivity index (χ0) is 23.0. The molecule has 1 aliphatic heterocycles. The van der Waals surface area contributed by atoms with E-state index >= 15 is 0 Å². The minimum Gasteiger partial charge on any atom is -0.456 e. The number of carbonyl (C=O) groups is 1. The van der Waals surface area contributed by atoms with E-state index < -0.39 is 16.3 Å². The molecule has 1 unspecified atom stereocenters. The van der Waals surface area contributed by atoms with Crippen molar-refractivity contribution in [1.82, 2.24) is 9.62 Å². The zero-order valence-electron chi connectivity index (χ0n) is 17.7. The molecule has 1 amide bonds. The van der Waals surface area contributed by atoms with Crippen molar-refractivity contribution in [3.8, 4) is 5.75 Å². The summed E-state index contributed by atoms with van der Waals surface area (Å²) in [5.41, 5.74) is 8.97. The lowest BCUT2D eigenvalue weighted by Gasteiger charge is -2.17. The van der Waals surface area contributed by atoms with Gasteiger partial charge < -0.3 is 19.2 Å². The van der Waals surface area contributed by atoms with Crippen molar-refractivity contribution in [1.29, 1.82) is 0 Å². The van der Waals surface area contributed by atoms with Crippen molar-refractivity contribution >= 4 is 38.1 Å². The molecule has 8 nitrogen and oxygen atoms in total. The highest BCUT2D eigenvalue weighted by Gasteiger charge is 2.33. The van der Waals surface area contributed by atoms with Crippen molar-refractivity contribution in [2.24, 2.45) is 5.73 Å². The van der Waals surface area contributed by atoms with E-state index in [4.69, 9.17) is 14.3 Å². The molecule has 4 aromatic rings. The third-order valence-electron chi connectivity index (χ3n) is 5.68. The van der Waals surface area contributed by atoms with Gasteiger partial charge in [0.15, 0.2) is 0 Å². The van der Waals surface area contributed by atoms with Gasteiger partial charge in [0.2, 0.25) is 5.91 Å². The van der Waals surface area contributed by atoms with Crippen LogP contribution < -0.4 is 14.6 Å². The van der Waals surface area contributed by atoms with E-state index in [9.17, 15) is 13.2 Å². The van der Waals surface area contributed by atoms with Gasteiger partial charge in [-0.15, -0.1) is 0 Å². The van der Waals surface area contributed by atoms with Crippen LogP contribution in [0.4, 0.5) is 0 Å². The van der Waals surface area contributed by atoms with E-state index in [-0.39, 0.29) is 24.6 Å². The van der Waals surface area contributed by atoms with E-state index in [0.717, 1.165) is 21.9 Å². The van der Waals surface area contributed by atoms with Crippen LogP contribution in [0.1, 0.15) is 17.5 Å². The standard InChI is InChI=1S/C24H23N3O5S/c25-13-16-4-3-5-17(10-16)14-27-15-18(11-24(27)28)26-33(29,30)32-19-8-9-23-21(12-19)20-6-1-2-7-22(20)31-23/h1-10,12,18,26H,11,13-15,25H2. The van der Waals surface area contributed by atoms with Gasteiger partial charge in [-0.1, -0.05) is 42.5 Å². The Hall–Kier alpha value is -3.40. The first kappa shape index (κ1) is 21.4. The number of fused-ring (bicyclic) bond motifs is 3. The Balaban J connectivity index is 1.27. The van der Waals surface area contributed by atoms with Gasteiger partial charge in [0.05, 0.1) is 6.04 Å². The molecule has 3 aromatic carbocycles. The Kier molecular flexibility index (Phi) is 5.53. The molecule has 1 atom stereocenters. The number of nitrogens with two attached hydrogens (primary N) is 1. The van der Waals surface area contributed by atoms with Crippen LogP contribution in [0.15, 0.2) is 71.1 Å².